The summed E-state index contributed by atoms with van der Waals surface area (Å²) in [6, 6.07) is 28.2. The summed E-state index contributed by atoms with van der Waals surface area (Å²) in [5.41, 5.74) is 2.71. The molecule has 4 aromatic rings. The van der Waals surface area contributed by atoms with Crippen LogP contribution in [-0.4, -0.2) is 65.7 Å². The second-order valence-electron chi connectivity index (χ2n) is 11.1. The number of aliphatic hydroxyl groups is 1. The number of hydrogen-bond acceptors (Lipinski definition) is 5. The lowest BCUT2D eigenvalue weighted by molar-refractivity contribution is 0.0341. The normalized spacial score (nSPS) is 17.6. The molecule has 3 amide bonds. The summed E-state index contributed by atoms with van der Waals surface area (Å²) in [5, 5.41) is 17.7. The Bertz CT molecular complexity index is 1540. The van der Waals surface area contributed by atoms with Gasteiger partial charge in [-0.2, -0.15) is 0 Å². The number of carbonyl (C=O) groups is 2. The van der Waals surface area contributed by atoms with Crippen LogP contribution in [0.4, 0.5) is 16.2 Å². The van der Waals surface area contributed by atoms with Gasteiger partial charge in [-0.25, -0.2) is 4.79 Å². The molecule has 0 saturated heterocycles. The molecule has 3 N–H and O–H groups in total. The number of benzene rings is 4. The van der Waals surface area contributed by atoms with Crippen molar-refractivity contribution in [1.82, 2.24) is 9.80 Å². The van der Waals surface area contributed by atoms with E-state index >= 15 is 0 Å². The van der Waals surface area contributed by atoms with Crippen LogP contribution in [0.15, 0.2) is 91.0 Å². The van der Waals surface area contributed by atoms with Crippen molar-refractivity contribution < 1.29 is 19.4 Å². The Balaban J connectivity index is 1.37. The monoisotopic (exact) mass is 566 g/mol. The fourth-order valence-electron chi connectivity index (χ4n) is 5.40. The lowest BCUT2D eigenvalue weighted by Crippen LogP contribution is -2.49. The number of anilines is 2. The van der Waals surface area contributed by atoms with Crippen molar-refractivity contribution in [3.05, 3.63) is 102 Å². The standard InChI is InChI=1S/C34H38N4O4/c1-23-19-38(24(2)22-39)33(40)29-18-27(35-34(41)36-30-15-9-13-26-12-7-8-14-28(26)30)16-17-31(29)42-32(23)21-37(3)20-25-10-5-4-6-11-25/h4-18,23-24,32,39H,19-22H2,1-3H3,(H2,35,36,41)/t23-,24+,32-/m0/s1. The van der Waals surface area contributed by atoms with Crippen LogP contribution in [0.25, 0.3) is 10.8 Å². The van der Waals surface area contributed by atoms with E-state index in [0.29, 0.717) is 35.8 Å². The van der Waals surface area contributed by atoms with E-state index in [9.17, 15) is 14.7 Å². The fourth-order valence-corrected chi connectivity index (χ4v) is 5.40. The Kier molecular flexibility index (Phi) is 9.05. The van der Waals surface area contributed by atoms with Crippen molar-refractivity contribution in [2.75, 3.05) is 37.4 Å². The van der Waals surface area contributed by atoms with Gasteiger partial charge >= 0.3 is 6.03 Å². The lowest BCUT2D eigenvalue weighted by atomic mass is 9.99. The van der Waals surface area contributed by atoms with E-state index in [1.54, 1.807) is 23.1 Å². The highest BCUT2D eigenvalue weighted by atomic mass is 16.5. The molecule has 1 aliphatic heterocycles. The highest BCUT2D eigenvalue weighted by molar-refractivity contribution is 6.07. The number of carbonyl (C=O) groups excluding carboxylic acids is 2. The summed E-state index contributed by atoms with van der Waals surface area (Å²) in [7, 11) is 2.06. The van der Waals surface area contributed by atoms with Crippen LogP contribution in [-0.2, 0) is 6.54 Å². The predicted molar refractivity (Wildman–Crippen MR) is 167 cm³/mol. The fraction of sp³-hybridized carbons (Fsp3) is 0.294. The summed E-state index contributed by atoms with van der Waals surface area (Å²) >= 11 is 0. The van der Waals surface area contributed by atoms with Crippen LogP contribution in [0.3, 0.4) is 0 Å². The van der Waals surface area contributed by atoms with Crippen molar-refractivity contribution in [2.45, 2.75) is 32.5 Å². The molecule has 42 heavy (non-hydrogen) atoms. The zero-order chi connectivity index (χ0) is 29.6. The van der Waals surface area contributed by atoms with Gasteiger partial charge in [0.15, 0.2) is 0 Å². The Labute approximate surface area is 246 Å². The number of urea groups is 1. The van der Waals surface area contributed by atoms with Crippen molar-refractivity contribution >= 4 is 34.1 Å². The number of fused-ring (bicyclic) bond motifs is 2. The summed E-state index contributed by atoms with van der Waals surface area (Å²) < 4.78 is 6.51. The average Bonchev–Trinajstić information content (AvgIpc) is 2.99. The van der Waals surface area contributed by atoms with E-state index in [-0.39, 0.29) is 30.6 Å². The third-order valence-corrected chi connectivity index (χ3v) is 7.75. The van der Waals surface area contributed by atoms with Crippen LogP contribution in [0, 0.1) is 5.92 Å². The molecule has 3 atom stereocenters. The first kappa shape index (κ1) is 29.1. The maximum absolute atomic E-state index is 13.8. The van der Waals surface area contributed by atoms with E-state index in [1.165, 1.54) is 5.56 Å². The predicted octanol–water partition coefficient (Wildman–Crippen LogP) is 5.84. The van der Waals surface area contributed by atoms with Crippen molar-refractivity contribution in [1.29, 1.82) is 0 Å². The summed E-state index contributed by atoms with van der Waals surface area (Å²) in [6.45, 7) is 5.61. The van der Waals surface area contributed by atoms with Crippen molar-refractivity contribution in [3.63, 3.8) is 0 Å². The molecular formula is C34H38N4O4. The molecule has 218 valence electrons. The van der Waals surface area contributed by atoms with Gasteiger partial charge in [-0.15, -0.1) is 0 Å². The SMILES string of the molecule is C[C@H](CO)N1C[C@H](C)[C@H](CN(C)Cc2ccccc2)Oc2ccc(NC(=O)Nc3cccc4ccccc34)cc2C1=O. The first-order valence-electron chi connectivity index (χ1n) is 14.3. The topological polar surface area (TPSA) is 94.1 Å². The molecule has 0 radical (unpaired) electrons. The molecule has 1 heterocycles. The number of amides is 3. The number of likely N-dealkylation sites (N-methyl/N-ethyl adjacent to an activating group) is 1. The van der Waals surface area contributed by atoms with Gasteiger partial charge in [-0.05, 0) is 49.2 Å². The number of nitrogens with one attached hydrogen (secondary N) is 2. The van der Waals surface area contributed by atoms with Crippen LogP contribution in [0.1, 0.15) is 29.8 Å². The van der Waals surface area contributed by atoms with Crippen LogP contribution >= 0.6 is 0 Å². The van der Waals surface area contributed by atoms with E-state index in [4.69, 9.17) is 4.74 Å². The number of hydrogen-bond donors (Lipinski definition) is 3. The molecule has 8 nitrogen and oxygen atoms in total. The molecule has 0 aromatic heterocycles. The molecule has 8 heteroatoms. The van der Waals surface area contributed by atoms with Gasteiger partial charge in [0, 0.05) is 36.6 Å². The third-order valence-electron chi connectivity index (χ3n) is 7.75. The maximum atomic E-state index is 13.8. The second kappa shape index (κ2) is 13.1. The summed E-state index contributed by atoms with van der Waals surface area (Å²) in [5.74, 6) is 0.228. The first-order valence-corrected chi connectivity index (χ1v) is 14.3. The smallest absolute Gasteiger partial charge is 0.323 e. The van der Waals surface area contributed by atoms with Crippen LogP contribution in [0.5, 0.6) is 5.75 Å². The van der Waals surface area contributed by atoms with Gasteiger partial charge in [0.2, 0.25) is 0 Å². The molecule has 5 rings (SSSR count). The summed E-state index contributed by atoms with van der Waals surface area (Å²) in [4.78, 5) is 30.7. The highest BCUT2D eigenvalue weighted by Crippen LogP contribution is 2.31. The maximum Gasteiger partial charge on any atom is 0.323 e. The van der Waals surface area contributed by atoms with Crippen molar-refractivity contribution in [3.8, 4) is 5.75 Å². The van der Waals surface area contributed by atoms with Gasteiger partial charge in [0.25, 0.3) is 5.91 Å². The van der Waals surface area contributed by atoms with E-state index < -0.39 is 6.03 Å². The first-order chi connectivity index (χ1) is 20.3. The lowest BCUT2D eigenvalue weighted by Gasteiger charge is -2.38. The van der Waals surface area contributed by atoms with Gasteiger partial charge in [-0.1, -0.05) is 73.7 Å². The van der Waals surface area contributed by atoms with Gasteiger partial charge in [-0.3, -0.25) is 9.69 Å². The number of ether oxygens (including phenoxy) is 1. The van der Waals surface area contributed by atoms with Gasteiger partial charge in [0.05, 0.1) is 23.9 Å². The molecule has 0 aliphatic carbocycles. The molecule has 0 saturated carbocycles. The Morgan fingerprint density at radius 1 is 1.02 bits per heavy atom. The Morgan fingerprint density at radius 2 is 1.76 bits per heavy atom. The minimum absolute atomic E-state index is 0.0126. The zero-order valence-corrected chi connectivity index (χ0v) is 24.3. The average molecular weight is 567 g/mol. The molecular weight excluding hydrogens is 528 g/mol. The van der Waals surface area contributed by atoms with Crippen LogP contribution < -0.4 is 15.4 Å². The quantitative estimate of drug-likeness (QED) is 0.249. The minimum Gasteiger partial charge on any atom is -0.488 e. The molecule has 0 bridgehead atoms. The Hall–Kier alpha value is -4.40. The highest BCUT2D eigenvalue weighted by Gasteiger charge is 2.33. The van der Waals surface area contributed by atoms with E-state index in [1.807, 2.05) is 67.6 Å². The van der Waals surface area contributed by atoms with E-state index in [0.717, 1.165) is 17.3 Å². The van der Waals surface area contributed by atoms with Crippen molar-refractivity contribution in [2.24, 2.45) is 5.92 Å². The zero-order valence-electron chi connectivity index (χ0n) is 24.3. The van der Waals surface area contributed by atoms with Gasteiger partial charge < -0.3 is 25.4 Å². The van der Waals surface area contributed by atoms with Crippen LogP contribution in [0.2, 0.25) is 0 Å². The number of nitrogens with zero attached hydrogens (tertiary/aromatic N) is 2. The third kappa shape index (κ3) is 6.73. The van der Waals surface area contributed by atoms with E-state index in [2.05, 4.69) is 41.6 Å². The number of aliphatic hydroxyl groups excluding tert-OH is 1. The molecule has 0 spiro atoms. The molecule has 0 unspecified atom stereocenters. The van der Waals surface area contributed by atoms with Gasteiger partial charge in [0.1, 0.15) is 11.9 Å². The second-order valence-corrected chi connectivity index (χ2v) is 11.1. The number of rotatable bonds is 8. The molecule has 4 aromatic carbocycles. The Morgan fingerprint density at radius 3 is 2.55 bits per heavy atom. The minimum atomic E-state index is -0.417. The largest absolute Gasteiger partial charge is 0.488 e. The molecule has 0 fully saturated rings. The molecule has 1 aliphatic rings. The summed E-state index contributed by atoms with van der Waals surface area (Å²) in [6.07, 6.45) is -0.201.